The summed E-state index contributed by atoms with van der Waals surface area (Å²) in [7, 11) is -3.63. The molecule has 0 unspecified atom stereocenters. The molecule has 1 N–H and O–H groups in total. The Bertz CT molecular complexity index is 1170. The molecule has 0 spiro atoms. The molecule has 3 atom stereocenters. The van der Waals surface area contributed by atoms with Gasteiger partial charge in [-0.2, -0.15) is 0 Å². The van der Waals surface area contributed by atoms with Crippen molar-refractivity contribution < 1.29 is 27.1 Å². The number of rotatable bonds is 10. The van der Waals surface area contributed by atoms with Crippen LogP contribution in [-0.4, -0.2) is 69.0 Å². The van der Waals surface area contributed by atoms with Crippen LogP contribution in [0.5, 0.6) is 0 Å². The Labute approximate surface area is 211 Å². The quantitative estimate of drug-likeness (QED) is 0.524. The lowest BCUT2D eigenvalue weighted by atomic mass is 9.96. The maximum absolute atomic E-state index is 13.2. The number of nitrogens with one attached hydrogen (secondary N) is 1. The molecule has 0 aromatic heterocycles. The number of hydrogen-bond acceptors (Lipinski definition) is 5. The van der Waals surface area contributed by atoms with E-state index in [2.05, 4.69) is 24.4 Å². The first-order valence-electron chi connectivity index (χ1n) is 12.4. The largest absolute Gasteiger partial charge is 0.378 e. The zero-order valence-corrected chi connectivity index (χ0v) is 21.3. The van der Waals surface area contributed by atoms with Gasteiger partial charge >= 0.3 is 0 Å². The van der Waals surface area contributed by atoms with Crippen molar-refractivity contribution in [3.8, 4) is 0 Å². The minimum absolute atomic E-state index is 0.0522. The minimum Gasteiger partial charge on any atom is -0.378 e. The average Bonchev–Trinajstić information content (AvgIpc) is 3.55. The third kappa shape index (κ3) is 6.70. The van der Waals surface area contributed by atoms with Crippen molar-refractivity contribution >= 4 is 21.7 Å². The van der Waals surface area contributed by atoms with E-state index in [1.54, 1.807) is 0 Å². The highest BCUT2D eigenvalue weighted by Crippen LogP contribution is 2.61. The molecule has 1 aliphatic heterocycles. The molecule has 0 radical (unpaired) electrons. The van der Waals surface area contributed by atoms with Crippen LogP contribution in [-0.2, 0) is 19.4 Å². The van der Waals surface area contributed by atoms with Gasteiger partial charge in [-0.15, -0.1) is 0 Å². The second-order valence-electron chi connectivity index (χ2n) is 10.0. The van der Waals surface area contributed by atoms with Crippen LogP contribution >= 0.6 is 0 Å². The fourth-order valence-electron chi connectivity index (χ4n) is 4.94. The van der Waals surface area contributed by atoms with Gasteiger partial charge in [-0.1, -0.05) is 37.3 Å². The van der Waals surface area contributed by atoms with Crippen LogP contribution in [0.3, 0.4) is 0 Å². The Kier molecular flexibility index (Phi) is 8.10. The van der Waals surface area contributed by atoms with Crippen molar-refractivity contribution in [3.63, 3.8) is 0 Å². The van der Waals surface area contributed by atoms with Crippen LogP contribution in [0.25, 0.3) is 0 Å². The highest BCUT2D eigenvalue weighted by molar-refractivity contribution is 7.91. The van der Waals surface area contributed by atoms with Crippen LogP contribution in [0, 0.1) is 11.2 Å². The van der Waals surface area contributed by atoms with Gasteiger partial charge in [0.1, 0.15) is 11.9 Å². The van der Waals surface area contributed by atoms with Crippen LogP contribution < -0.4 is 5.32 Å². The van der Waals surface area contributed by atoms with E-state index in [0.29, 0.717) is 38.6 Å². The van der Waals surface area contributed by atoms with E-state index in [1.807, 2.05) is 18.2 Å². The number of carbonyl (C=O) groups is 2. The van der Waals surface area contributed by atoms with E-state index in [9.17, 15) is 22.4 Å². The Balaban J connectivity index is 1.38. The van der Waals surface area contributed by atoms with Gasteiger partial charge in [-0.05, 0) is 60.4 Å². The standard InChI is InChI=1S/C27H33FN2O5S/c1-27(18-23(27)20-6-3-2-4-7-20)12-5-17-36(33,34)19-24(26(32)30-13-15-35-16-14-30)29-25(31)21-8-10-22(28)11-9-21/h2-4,6-11,23-24H,5,12-19H2,1H3,(H,29,31)/t23-,24-,27+/m0/s1. The maximum Gasteiger partial charge on any atom is 0.251 e. The number of halogens is 1. The first kappa shape index (κ1) is 26.3. The molecule has 2 aliphatic rings. The molecule has 1 aliphatic carbocycles. The molecule has 7 nitrogen and oxygen atoms in total. The van der Waals surface area contributed by atoms with Gasteiger partial charge in [0.05, 0.1) is 24.7 Å². The third-order valence-corrected chi connectivity index (χ3v) is 8.96. The van der Waals surface area contributed by atoms with E-state index in [0.717, 1.165) is 25.0 Å². The van der Waals surface area contributed by atoms with Gasteiger partial charge in [0.15, 0.2) is 9.84 Å². The molecule has 1 saturated carbocycles. The summed E-state index contributed by atoms with van der Waals surface area (Å²) in [5.41, 5.74) is 1.51. The normalized spacial score (nSPS) is 22.6. The molecule has 9 heteroatoms. The number of benzene rings is 2. The first-order valence-corrected chi connectivity index (χ1v) is 14.2. The van der Waals surface area contributed by atoms with Crippen molar-refractivity contribution in [2.24, 2.45) is 5.41 Å². The van der Waals surface area contributed by atoms with Crippen LogP contribution in [0.2, 0.25) is 0 Å². The second kappa shape index (κ2) is 11.1. The Morgan fingerprint density at radius 3 is 2.44 bits per heavy atom. The molecule has 1 heterocycles. The number of hydrogen-bond donors (Lipinski definition) is 1. The number of carbonyl (C=O) groups excluding carboxylic acids is 2. The van der Waals surface area contributed by atoms with E-state index in [1.165, 1.54) is 22.6 Å². The first-order chi connectivity index (χ1) is 17.2. The number of morpholine rings is 1. The van der Waals surface area contributed by atoms with Gasteiger partial charge in [0.25, 0.3) is 5.91 Å². The molecule has 0 bridgehead atoms. The third-order valence-electron chi connectivity index (χ3n) is 7.21. The number of nitrogens with zero attached hydrogens (tertiary/aromatic N) is 1. The molecule has 2 amide bonds. The molecular formula is C27H33FN2O5S. The molecule has 4 rings (SSSR count). The summed E-state index contributed by atoms with van der Waals surface area (Å²) in [6.45, 7) is 3.57. The summed E-state index contributed by atoms with van der Waals surface area (Å²) in [5.74, 6) is -1.65. The maximum atomic E-state index is 13.2. The SMILES string of the molecule is C[C@@]1(CCCS(=O)(=O)C[C@H](NC(=O)c2ccc(F)cc2)C(=O)N2CCOCC2)C[C@H]1c1ccccc1. The molecule has 2 aromatic carbocycles. The summed E-state index contributed by atoms with van der Waals surface area (Å²) >= 11 is 0. The summed E-state index contributed by atoms with van der Waals surface area (Å²) in [6.07, 6.45) is 2.30. The van der Waals surface area contributed by atoms with E-state index in [4.69, 9.17) is 4.74 Å². The van der Waals surface area contributed by atoms with Gasteiger partial charge in [-0.3, -0.25) is 9.59 Å². The lowest BCUT2D eigenvalue weighted by Crippen LogP contribution is -2.54. The summed E-state index contributed by atoms with van der Waals surface area (Å²) in [5, 5.41) is 2.58. The van der Waals surface area contributed by atoms with Crippen molar-refractivity contribution in [1.29, 1.82) is 0 Å². The lowest BCUT2D eigenvalue weighted by molar-refractivity contribution is -0.136. The van der Waals surface area contributed by atoms with Crippen molar-refractivity contribution in [1.82, 2.24) is 10.2 Å². The zero-order valence-electron chi connectivity index (χ0n) is 20.5. The Morgan fingerprint density at radius 1 is 1.11 bits per heavy atom. The van der Waals surface area contributed by atoms with Crippen LogP contribution in [0.15, 0.2) is 54.6 Å². The van der Waals surface area contributed by atoms with Gasteiger partial charge < -0.3 is 15.0 Å². The fourth-order valence-corrected chi connectivity index (χ4v) is 6.43. The predicted octanol–water partition coefficient (Wildman–Crippen LogP) is 3.17. The molecule has 2 aromatic rings. The molecule has 2 fully saturated rings. The minimum atomic E-state index is -3.63. The zero-order chi connectivity index (χ0) is 25.8. The lowest BCUT2D eigenvalue weighted by Gasteiger charge is -2.30. The van der Waals surface area contributed by atoms with Gasteiger partial charge in [-0.25, -0.2) is 12.8 Å². The van der Waals surface area contributed by atoms with Gasteiger partial charge in [0.2, 0.25) is 5.91 Å². The molecular weight excluding hydrogens is 483 g/mol. The molecule has 194 valence electrons. The fraction of sp³-hybridized carbons (Fsp3) is 0.481. The molecule has 36 heavy (non-hydrogen) atoms. The predicted molar refractivity (Wildman–Crippen MR) is 135 cm³/mol. The smallest absolute Gasteiger partial charge is 0.251 e. The summed E-state index contributed by atoms with van der Waals surface area (Å²) < 4.78 is 44.6. The van der Waals surface area contributed by atoms with Crippen LogP contribution in [0.4, 0.5) is 4.39 Å². The summed E-state index contributed by atoms with van der Waals surface area (Å²) in [6, 6.07) is 13.9. The van der Waals surface area contributed by atoms with E-state index >= 15 is 0 Å². The van der Waals surface area contributed by atoms with E-state index < -0.39 is 39.3 Å². The second-order valence-corrected chi connectivity index (χ2v) is 12.2. The van der Waals surface area contributed by atoms with Crippen molar-refractivity contribution in [3.05, 3.63) is 71.5 Å². The highest BCUT2D eigenvalue weighted by atomic mass is 32.2. The molecule has 1 saturated heterocycles. The topological polar surface area (TPSA) is 92.8 Å². The summed E-state index contributed by atoms with van der Waals surface area (Å²) in [4.78, 5) is 27.4. The highest BCUT2D eigenvalue weighted by Gasteiger charge is 2.49. The Morgan fingerprint density at radius 2 is 1.78 bits per heavy atom. The van der Waals surface area contributed by atoms with Crippen LogP contribution in [0.1, 0.15) is 48.0 Å². The average molecular weight is 517 g/mol. The van der Waals surface area contributed by atoms with Crippen molar-refractivity contribution in [2.45, 2.75) is 38.1 Å². The van der Waals surface area contributed by atoms with Crippen molar-refractivity contribution in [2.75, 3.05) is 37.8 Å². The van der Waals surface area contributed by atoms with Gasteiger partial charge in [0, 0.05) is 18.7 Å². The van der Waals surface area contributed by atoms with E-state index in [-0.39, 0.29) is 16.7 Å². The number of sulfone groups is 1. The Hall–Kier alpha value is -2.78. The number of ether oxygens (including phenoxy) is 1. The number of amides is 2. The monoisotopic (exact) mass is 516 g/mol.